The van der Waals surface area contributed by atoms with Crippen molar-refractivity contribution >= 4 is 21.9 Å². The van der Waals surface area contributed by atoms with Crippen molar-refractivity contribution in [3.05, 3.63) is 46.5 Å². The van der Waals surface area contributed by atoms with E-state index >= 15 is 0 Å². The van der Waals surface area contributed by atoms with Crippen LogP contribution in [0.15, 0.2) is 40.9 Å². The van der Waals surface area contributed by atoms with E-state index < -0.39 is 0 Å². The van der Waals surface area contributed by atoms with Gasteiger partial charge in [-0.15, -0.1) is 0 Å². The number of hydrogen-bond donors (Lipinski definition) is 0. The molecule has 2 nitrogen and oxygen atoms in total. The summed E-state index contributed by atoms with van der Waals surface area (Å²) in [5.41, 5.74) is 1.02. The van der Waals surface area contributed by atoms with Crippen LogP contribution >= 0.6 is 15.9 Å². The van der Waals surface area contributed by atoms with E-state index in [9.17, 15) is 4.79 Å². The summed E-state index contributed by atoms with van der Waals surface area (Å²) < 4.78 is 5.93. The number of halogens is 1. The number of esters is 1. The first-order chi connectivity index (χ1) is 8.72. The second-order valence-corrected chi connectivity index (χ2v) is 5.50. The summed E-state index contributed by atoms with van der Waals surface area (Å²) in [6, 6.07) is 7.88. The molecule has 0 saturated carbocycles. The molecule has 0 aliphatic heterocycles. The van der Waals surface area contributed by atoms with Gasteiger partial charge in [-0.1, -0.05) is 46.3 Å². The predicted octanol–water partition coefficient (Wildman–Crippen LogP) is 4.06. The molecule has 0 spiro atoms. The van der Waals surface area contributed by atoms with Gasteiger partial charge in [-0.2, -0.15) is 0 Å². The van der Waals surface area contributed by atoms with Crippen LogP contribution < -0.4 is 0 Å². The molecule has 1 aliphatic carbocycles. The fraction of sp³-hybridized carbons (Fsp3) is 0.400. The van der Waals surface area contributed by atoms with Crippen LogP contribution in [-0.2, 0) is 9.53 Å². The number of methoxy groups -OCH3 is 1. The van der Waals surface area contributed by atoms with E-state index in [-0.39, 0.29) is 11.9 Å². The minimum Gasteiger partial charge on any atom is -0.469 e. The molecule has 1 aliphatic rings. The highest BCUT2D eigenvalue weighted by Gasteiger charge is 2.27. The summed E-state index contributed by atoms with van der Waals surface area (Å²) in [6.07, 6.45) is 7.37. The molecular formula is C15H17BrO2. The number of carbonyl (C=O) groups excluding carboxylic acids is 1. The summed E-state index contributed by atoms with van der Waals surface area (Å²) in [4.78, 5) is 12.0. The lowest BCUT2D eigenvalue weighted by Crippen LogP contribution is -2.17. The Kier molecular flexibility index (Phi) is 4.59. The van der Waals surface area contributed by atoms with Gasteiger partial charge >= 0.3 is 5.97 Å². The first-order valence-electron chi connectivity index (χ1n) is 6.19. The highest BCUT2D eigenvalue weighted by molar-refractivity contribution is 9.10. The van der Waals surface area contributed by atoms with Crippen molar-refractivity contribution in [1.82, 2.24) is 0 Å². The Balaban J connectivity index is 2.19. The molecule has 2 rings (SSSR count). The number of carbonyl (C=O) groups is 1. The largest absolute Gasteiger partial charge is 0.469 e. The molecule has 0 N–H and O–H groups in total. The Hall–Kier alpha value is -1.09. The highest BCUT2D eigenvalue weighted by Crippen LogP contribution is 2.34. The molecule has 1 aromatic carbocycles. The maximum atomic E-state index is 12.0. The molecule has 0 aromatic heterocycles. The van der Waals surface area contributed by atoms with Crippen molar-refractivity contribution in [3.8, 4) is 0 Å². The van der Waals surface area contributed by atoms with E-state index in [0.29, 0.717) is 5.92 Å². The smallest absolute Gasteiger partial charge is 0.313 e. The highest BCUT2D eigenvalue weighted by atomic mass is 79.9. The second kappa shape index (κ2) is 6.19. The van der Waals surface area contributed by atoms with Crippen LogP contribution in [0.2, 0.25) is 0 Å². The van der Waals surface area contributed by atoms with Gasteiger partial charge in [-0.3, -0.25) is 4.79 Å². The van der Waals surface area contributed by atoms with Gasteiger partial charge in [0.2, 0.25) is 0 Å². The van der Waals surface area contributed by atoms with E-state index in [0.717, 1.165) is 29.3 Å². The summed E-state index contributed by atoms with van der Waals surface area (Å²) in [6.45, 7) is 0. The number of rotatable bonds is 4. The number of hydrogen-bond acceptors (Lipinski definition) is 2. The van der Waals surface area contributed by atoms with Crippen LogP contribution in [0, 0.1) is 5.92 Å². The van der Waals surface area contributed by atoms with Crippen molar-refractivity contribution in [2.45, 2.75) is 25.2 Å². The molecule has 0 amide bonds. The van der Waals surface area contributed by atoms with E-state index in [1.165, 1.54) is 7.11 Å². The van der Waals surface area contributed by atoms with Crippen molar-refractivity contribution < 1.29 is 9.53 Å². The normalized spacial score (nSPS) is 16.8. The fourth-order valence-corrected chi connectivity index (χ4v) is 3.01. The quantitative estimate of drug-likeness (QED) is 0.619. The average Bonchev–Trinajstić information content (AvgIpc) is 2.89. The molecular weight excluding hydrogens is 292 g/mol. The minimum atomic E-state index is -0.171. The number of ether oxygens (including phenoxy) is 1. The zero-order chi connectivity index (χ0) is 13.0. The predicted molar refractivity (Wildman–Crippen MR) is 75.4 cm³/mol. The Labute approximate surface area is 116 Å². The lowest BCUT2D eigenvalue weighted by atomic mass is 9.87. The van der Waals surface area contributed by atoms with Crippen LogP contribution in [0.5, 0.6) is 0 Å². The number of benzene rings is 1. The summed E-state index contributed by atoms with van der Waals surface area (Å²) >= 11 is 3.52. The third kappa shape index (κ3) is 3.02. The van der Waals surface area contributed by atoms with Gasteiger partial charge in [-0.25, -0.2) is 0 Å². The minimum absolute atomic E-state index is 0.145. The molecule has 1 unspecified atom stereocenters. The van der Waals surface area contributed by atoms with Crippen molar-refractivity contribution in [1.29, 1.82) is 0 Å². The first-order valence-corrected chi connectivity index (χ1v) is 6.99. The zero-order valence-corrected chi connectivity index (χ0v) is 12.0. The van der Waals surface area contributed by atoms with Gasteiger partial charge in [0.1, 0.15) is 0 Å². The molecule has 0 bridgehead atoms. The zero-order valence-electron chi connectivity index (χ0n) is 10.4. The lowest BCUT2D eigenvalue weighted by molar-refractivity contribution is -0.142. The molecule has 1 aromatic rings. The van der Waals surface area contributed by atoms with Crippen molar-refractivity contribution in [2.75, 3.05) is 7.11 Å². The lowest BCUT2D eigenvalue weighted by Gasteiger charge is -2.20. The first kappa shape index (κ1) is 13.3. The van der Waals surface area contributed by atoms with Crippen LogP contribution in [0.4, 0.5) is 0 Å². The maximum absolute atomic E-state index is 12.0. The summed E-state index contributed by atoms with van der Waals surface area (Å²) in [7, 11) is 1.46. The maximum Gasteiger partial charge on any atom is 0.313 e. The molecule has 0 fully saturated rings. The third-order valence-corrected chi connectivity index (χ3v) is 4.16. The van der Waals surface area contributed by atoms with Gasteiger partial charge in [0.15, 0.2) is 0 Å². The van der Waals surface area contributed by atoms with Gasteiger partial charge < -0.3 is 4.74 Å². The Bertz CT molecular complexity index is 446. The molecule has 96 valence electrons. The molecule has 3 heteroatoms. The van der Waals surface area contributed by atoms with Crippen molar-refractivity contribution in [3.63, 3.8) is 0 Å². The molecule has 0 saturated heterocycles. The van der Waals surface area contributed by atoms with Crippen LogP contribution in [-0.4, -0.2) is 13.1 Å². The molecule has 0 radical (unpaired) electrons. The monoisotopic (exact) mass is 308 g/mol. The third-order valence-electron chi connectivity index (χ3n) is 3.44. The Morgan fingerprint density at radius 2 is 2.06 bits per heavy atom. The van der Waals surface area contributed by atoms with Gasteiger partial charge in [0.25, 0.3) is 0 Å². The van der Waals surface area contributed by atoms with Crippen LogP contribution in [0.3, 0.4) is 0 Å². The summed E-state index contributed by atoms with van der Waals surface area (Å²) in [5, 5.41) is 0. The van der Waals surface area contributed by atoms with Crippen LogP contribution in [0.25, 0.3) is 0 Å². The molecule has 18 heavy (non-hydrogen) atoms. The average molecular weight is 309 g/mol. The SMILES string of the molecule is COC(=O)C(CC1CC=CC1)c1ccccc1Br. The Morgan fingerprint density at radius 3 is 2.67 bits per heavy atom. The van der Waals surface area contributed by atoms with E-state index in [2.05, 4.69) is 28.1 Å². The Morgan fingerprint density at radius 1 is 1.39 bits per heavy atom. The van der Waals surface area contributed by atoms with Crippen molar-refractivity contribution in [2.24, 2.45) is 5.92 Å². The standard InChI is InChI=1S/C15H17BrO2/c1-18-15(17)13(10-11-6-2-3-7-11)12-8-4-5-9-14(12)16/h2-5,8-9,11,13H,6-7,10H2,1H3. The fourth-order valence-electron chi connectivity index (χ4n) is 2.45. The van der Waals surface area contributed by atoms with E-state index in [4.69, 9.17) is 4.74 Å². The van der Waals surface area contributed by atoms with Crippen LogP contribution in [0.1, 0.15) is 30.7 Å². The van der Waals surface area contributed by atoms with Gasteiger partial charge in [-0.05, 0) is 36.8 Å². The molecule has 0 heterocycles. The van der Waals surface area contributed by atoms with E-state index in [1.54, 1.807) is 0 Å². The topological polar surface area (TPSA) is 26.3 Å². The van der Waals surface area contributed by atoms with Gasteiger partial charge in [0, 0.05) is 4.47 Å². The van der Waals surface area contributed by atoms with Gasteiger partial charge in [0.05, 0.1) is 13.0 Å². The summed E-state index contributed by atoms with van der Waals surface area (Å²) in [5.74, 6) is 0.241. The van der Waals surface area contributed by atoms with E-state index in [1.807, 2.05) is 24.3 Å². The second-order valence-electron chi connectivity index (χ2n) is 4.64. The molecule has 1 atom stereocenters. The number of allylic oxidation sites excluding steroid dienone is 2.